The minimum atomic E-state index is -3.95. The van der Waals surface area contributed by atoms with Crippen molar-refractivity contribution in [3.8, 4) is 6.07 Å². The quantitative estimate of drug-likeness (QED) is 0.340. The average Bonchev–Trinajstić information content (AvgIpc) is 3.49. The molecular formula is C26H27ClFN3O3S2. The molecule has 4 rings (SSSR count). The highest BCUT2D eigenvalue weighted by atomic mass is 35.5. The van der Waals surface area contributed by atoms with E-state index in [0.717, 1.165) is 60.4 Å². The molecule has 0 amide bonds. The maximum Gasteiger partial charge on any atom is 0.261 e. The summed E-state index contributed by atoms with van der Waals surface area (Å²) >= 11 is 7.75. The van der Waals surface area contributed by atoms with Crippen LogP contribution in [0.15, 0.2) is 46.7 Å². The second-order valence-corrected chi connectivity index (χ2v) is 11.4. The molecule has 1 N–H and O–H groups in total. The zero-order valence-corrected chi connectivity index (χ0v) is 22.7. The van der Waals surface area contributed by atoms with Crippen LogP contribution in [0.2, 0.25) is 5.02 Å². The number of nitrogens with zero attached hydrogens (tertiary/aromatic N) is 2. The van der Waals surface area contributed by atoms with Gasteiger partial charge in [0.2, 0.25) is 0 Å². The fourth-order valence-corrected chi connectivity index (χ4v) is 6.58. The summed E-state index contributed by atoms with van der Waals surface area (Å²) in [5.74, 6) is -0.704. The Balaban J connectivity index is 0.00000115. The average molecular weight is 548 g/mol. The molecule has 1 aliphatic rings. The molecule has 1 fully saturated rings. The van der Waals surface area contributed by atoms with E-state index in [2.05, 4.69) is 9.62 Å². The van der Waals surface area contributed by atoms with E-state index in [1.807, 2.05) is 19.9 Å². The molecule has 36 heavy (non-hydrogen) atoms. The predicted molar refractivity (Wildman–Crippen MR) is 143 cm³/mol. The fraction of sp³-hybridized carbons (Fsp3) is 0.308. The van der Waals surface area contributed by atoms with Gasteiger partial charge in [0.05, 0.1) is 32.2 Å². The monoisotopic (exact) mass is 547 g/mol. The molecule has 1 aliphatic heterocycles. The van der Waals surface area contributed by atoms with Crippen molar-refractivity contribution in [2.75, 3.05) is 22.7 Å². The molecule has 0 radical (unpaired) electrons. The van der Waals surface area contributed by atoms with Crippen LogP contribution in [0.4, 0.5) is 15.8 Å². The number of Topliss-reactive ketones (excluding diaryl/α,β-unsaturated/α-hetero) is 1. The first-order chi connectivity index (χ1) is 17.1. The summed E-state index contributed by atoms with van der Waals surface area (Å²) in [4.78, 5) is 15.8. The number of ketones is 1. The van der Waals surface area contributed by atoms with Gasteiger partial charge >= 0.3 is 0 Å². The first-order valence-electron chi connectivity index (χ1n) is 11.3. The Labute approximate surface area is 220 Å². The number of benzene rings is 2. The number of nitriles is 1. The van der Waals surface area contributed by atoms with E-state index in [4.69, 9.17) is 16.9 Å². The highest BCUT2D eigenvalue weighted by Gasteiger charge is 2.24. The van der Waals surface area contributed by atoms with Crippen LogP contribution in [0.1, 0.15) is 46.1 Å². The van der Waals surface area contributed by atoms with E-state index < -0.39 is 15.8 Å². The Morgan fingerprint density at radius 1 is 1.19 bits per heavy atom. The zero-order chi connectivity index (χ0) is 26.5. The van der Waals surface area contributed by atoms with E-state index in [1.54, 1.807) is 17.5 Å². The third-order valence-corrected chi connectivity index (χ3v) is 8.52. The van der Waals surface area contributed by atoms with Crippen LogP contribution in [0.3, 0.4) is 0 Å². The van der Waals surface area contributed by atoms with Crippen molar-refractivity contribution in [1.29, 1.82) is 5.26 Å². The van der Waals surface area contributed by atoms with E-state index in [-0.39, 0.29) is 22.8 Å². The maximum atomic E-state index is 13.3. The zero-order valence-electron chi connectivity index (χ0n) is 20.3. The molecule has 1 saturated heterocycles. The molecule has 6 nitrogen and oxygen atoms in total. The summed E-state index contributed by atoms with van der Waals surface area (Å²) in [6, 6.07) is 9.75. The van der Waals surface area contributed by atoms with Crippen LogP contribution in [0.5, 0.6) is 0 Å². The van der Waals surface area contributed by atoms with Crippen LogP contribution in [-0.2, 0) is 16.4 Å². The number of halogens is 2. The van der Waals surface area contributed by atoms with Crippen molar-refractivity contribution >= 4 is 50.1 Å². The lowest BCUT2D eigenvalue weighted by Gasteiger charge is -2.24. The predicted octanol–water partition coefficient (Wildman–Crippen LogP) is 6.51. The second-order valence-electron chi connectivity index (χ2n) is 8.37. The maximum absolute atomic E-state index is 13.3. The van der Waals surface area contributed by atoms with Gasteiger partial charge in [0.15, 0.2) is 5.78 Å². The van der Waals surface area contributed by atoms with Crippen LogP contribution in [0, 0.1) is 31.0 Å². The second kappa shape index (κ2) is 11.9. The molecule has 190 valence electrons. The first-order valence-corrected chi connectivity index (χ1v) is 14.1. The largest absolute Gasteiger partial charge is 0.370 e. The summed E-state index contributed by atoms with van der Waals surface area (Å²) in [5, 5.41) is 9.68. The number of carbonyl (C=O) groups excluding carboxylic acids is 1. The number of anilines is 2. The first kappa shape index (κ1) is 27.7. The van der Waals surface area contributed by atoms with E-state index in [1.165, 1.54) is 30.4 Å². The number of thiophene rings is 1. The Morgan fingerprint density at radius 3 is 2.42 bits per heavy atom. The number of sulfonamides is 1. The molecule has 2 heterocycles. The number of nitrogens with one attached hydrogen (secondary N) is 1. The van der Waals surface area contributed by atoms with Crippen molar-refractivity contribution in [3.05, 3.63) is 74.2 Å². The van der Waals surface area contributed by atoms with Crippen LogP contribution in [-0.4, -0.2) is 27.3 Å². The summed E-state index contributed by atoms with van der Waals surface area (Å²) in [6.45, 7) is 7.23. The van der Waals surface area contributed by atoms with E-state index in [9.17, 15) is 17.6 Å². The Bertz CT molecular complexity index is 1390. The number of hydrogen-bond donors (Lipinski definition) is 1. The fourth-order valence-electron chi connectivity index (χ4n) is 4.23. The molecular weight excluding hydrogens is 521 g/mol. The SMILES string of the molecule is CC#N.Cc1cc(Cl)c(N2CCCC2)c(C)c1CC(=O)c1sccc1NS(=O)(=O)c1ccc(F)cc1. The van der Waals surface area contributed by atoms with Crippen molar-refractivity contribution in [2.45, 2.75) is 44.9 Å². The lowest BCUT2D eigenvalue weighted by atomic mass is 9.95. The lowest BCUT2D eigenvalue weighted by molar-refractivity contribution is 0.0997. The highest BCUT2D eigenvalue weighted by Crippen LogP contribution is 2.37. The van der Waals surface area contributed by atoms with Crippen molar-refractivity contribution in [3.63, 3.8) is 0 Å². The standard InChI is InChI=1S/C24H24ClFN2O3S2.C2H3N/c1-15-13-20(25)23(28-10-3-4-11-28)16(2)19(15)14-22(29)24-21(9-12-32-24)27-33(30,31)18-7-5-17(26)6-8-18;1-2-3/h5-9,12-13,27H,3-4,10-11,14H2,1-2H3;1H3. The topological polar surface area (TPSA) is 90.3 Å². The number of hydrogen-bond acceptors (Lipinski definition) is 6. The van der Waals surface area contributed by atoms with E-state index >= 15 is 0 Å². The number of carbonyl (C=O) groups is 1. The van der Waals surface area contributed by atoms with Gasteiger partial charge in [0, 0.05) is 26.4 Å². The van der Waals surface area contributed by atoms with Crippen LogP contribution < -0.4 is 9.62 Å². The van der Waals surface area contributed by atoms with Crippen LogP contribution >= 0.6 is 22.9 Å². The molecule has 0 spiro atoms. The summed E-state index contributed by atoms with van der Waals surface area (Å²) < 4.78 is 41.1. The molecule has 10 heteroatoms. The molecule has 1 aromatic heterocycles. The molecule has 3 aromatic rings. The molecule has 0 saturated carbocycles. The van der Waals surface area contributed by atoms with Crippen LogP contribution in [0.25, 0.3) is 0 Å². The van der Waals surface area contributed by atoms with Gasteiger partial charge in [-0.25, -0.2) is 12.8 Å². The van der Waals surface area contributed by atoms with Gasteiger partial charge in [-0.15, -0.1) is 11.3 Å². The van der Waals surface area contributed by atoms with Gasteiger partial charge in [0.1, 0.15) is 5.82 Å². The highest BCUT2D eigenvalue weighted by molar-refractivity contribution is 7.92. The van der Waals surface area contributed by atoms with E-state index in [0.29, 0.717) is 9.90 Å². The Kier molecular flexibility index (Phi) is 9.12. The number of aryl methyl sites for hydroxylation is 1. The smallest absolute Gasteiger partial charge is 0.261 e. The summed E-state index contributed by atoms with van der Waals surface area (Å²) in [7, 11) is -3.95. The minimum Gasteiger partial charge on any atom is -0.370 e. The van der Waals surface area contributed by atoms with Gasteiger partial charge in [-0.05, 0) is 85.2 Å². The van der Waals surface area contributed by atoms with Crippen molar-refractivity contribution in [1.82, 2.24) is 0 Å². The summed E-state index contributed by atoms with van der Waals surface area (Å²) in [5.41, 5.74) is 4.02. The third-order valence-electron chi connectivity index (χ3n) is 5.90. The molecule has 2 aromatic carbocycles. The normalized spacial score (nSPS) is 13.1. The number of rotatable bonds is 7. The molecule has 0 bridgehead atoms. The van der Waals surface area contributed by atoms with Crippen molar-refractivity contribution < 1.29 is 17.6 Å². The third kappa shape index (κ3) is 6.25. The van der Waals surface area contributed by atoms with Gasteiger partial charge in [-0.2, -0.15) is 5.26 Å². The van der Waals surface area contributed by atoms with Crippen molar-refractivity contribution in [2.24, 2.45) is 0 Å². The Hall–Kier alpha value is -2.93. The molecule has 0 atom stereocenters. The Morgan fingerprint density at radius 2 is 1.81 bits per heavy atom. The summed E-state index contributed by atoms with van der Waals surface area (Å²) in [6.07, 6.45) is 2.37. The lowest BCUT2D eigenvalue weighted by Crippen LogP contribution is -2.20. The molecule has 0 aliphatic carbocycles. The minimum absolute atomic E-state index is 0.0758. The van der Waals surface area contributed by atoms with Gasteiger partial charge in [-0.3, -0.25) is 9.52 Å². The molecule has 0 unspecified atom stereocenters. The van der Waals surface area contributed by atoms with Gasteiger partial charge < -0.3 is 4.90 Å². The van der Waals surface area contributed by atoms with Gasteiger partial charge in [0.25, 0.3) is 10.0 Å². The van der Waals surface area contributed by atoms with Gasteiger partial charge in [-0.1, -0.05) is 11.6 Å².